The van der Waals surface area contributed by atoms with Gasteiger partial charge in [0.15, 0.2) is 0 Å². The molecule has 5 rings (SSSR count). The number of carbonyl (C=O) groups excluding carboxylic acids is 1. The monoisotopic (exact) mass is 531 g/mol. The third-order valence-corrected chi connectivity index (χ3v) is 8.50. The second kappa shape index (κ2) is 11.2. The summed E-state index contributed by atoms with van der Waals surface area (Å²) in [6, 6.07) is 11.1. The molecule has 3 fully saturated rings. The summed E-state index contributed by atoms with van der Waals surface area (Å²) in [7, 11) is 0. The van der Waals surface area contributed by atoms with Crippen LogP contribution in [0.3, 0.4) is 0 Å². The van der Waals surface area contributed by atoms with Crippen LogP contribution in [0.15, 0.2) is 42.6 Å². The molecule has 1 aliphatic carbocycles. The molecular weight excluding hydrogens is 495 g/mol. The Bertz CT molecular complexity index is 1080. The van der Waals surface area contributed by atoms with Gasteiger partial charge < -0.3 is 19.6 Å². The van der Waals surface area contributed by atoms with E-state index >= 15 is 0 Å². The van der Waals surface area contributed by atoms with Crippen LogP contribution in [0.4, 0.5) is 13.2 Å². The molecule has 1 atom stereocenters. The van der Waals surface area contributed by atoms with E-state index in [2.05, 4.69) is 4.98 Å². The normalized spacial score (nSPS) is 22.6. The quantitative estimate of drug-likeness (QED) is 0.534. The summed E-state index contributed by atoms with van der Waals surface area (Å²) in [4.78, 5) is 20.8. The fraction of sp³-hybridized carbons (Fsp3) is 0.586. The van der Waals surface area contributed by atoms with Crippen molar-refractivity contribution in [2.24, 2.45) is 11.3 Å². The van der Waals surface area contributed by atoms with Crippen LogP contribution in [-0.2, 0) is 0 Å². The molecule has 1 saturated carbocycles. The predicted octanol–water partition coefficient (Wildman–Crippen LogP) is 5.17. The molecule has 3 aliphatic rings. The van der Waals surface area contributed by atoms with Crippen LogP contribution in [0.25, 0.3) is 11.1 Å². The Hall–Kier alpha value is -2.65. The highest BCUT2D eigenvalue weighted by molar-refractivity contribution is 5.94. The van der Waals surface area contributed by atoms with E-state index in [1.54, 1.807) is 23.2 Å². The average Bonchev–Trinajstić information content (AvgIpc) is 2.89. The van der Waals surface area contributed by atoms with Gasteiger partial charge in [-0.3, -0.25) is 4.79 Å². The molecule has 1 amide bonds. The highest BCUT2D eigenvalue weighted by atomic mass is 19.4. The number of ether oxygens (including phenoxy) is 1. The predicted molar refractivity (Wildman–Crippen MR) is 138 cm³/mol. The number of nitrogens with zero attached hydrogens (tertiary/aromatic N) is 3. The van der Waals surface area contributed by atoms with E-state index in [1.807, 2.05) is 29.2 Å². The number of aliphatic hydroxyl groups is 1. The maximum absolute atomic E-state index is 13.5. The number of hydrogen-bond donors (Lipinski definition) is 1. The smallest absolute Gasteiger partial charge is 0.395 e. The molecule has 1 aromatic heterocycles. The first-order chi connectivity index (χ1) is 18.2. The number of pyridine rings is 1. The molecule has 2 saturated heterocycles. The summed E-state index contributed by atoms with van der Waals surface area (Å²) < 4.78 is 46.4. The van der Waals surface area contributed by atoms with Crippen molar-refractivity contribution in [1.82, 2.24) is 14.8 Å². The number of piperidine rings is 2. The van der Waals surface area contributed by atoms with Crippen molar-refractivity contribution in [3.63, 3.8) is 0 Å². The Balaban J connectivity index is 1.08. The van der Waals surface area contributed by atoms with Gasteiger partial charge in [0.25, 0.3) is 5.91 Å². The second-order valence-electron chi connectivity index (χ2n) is 11.2. The van der Waals surface area contributed by atoms with Crippen molar-refractivity contribution in [2.75, 3.05) is 39.3 Å². The van der Waals surface area contributed by atoms with E-state index in [4.69, 9.17) is 4.74 Å². The summed E-state index contributed by atoms with van der Waals surface area (Å²) in [5.41, 5.74) is 0.958. The van der Waals surface area contributed by atoms with Crippen LogP contribution < -0.4 is 4.74 Å². The molecule has 0 bridgehead atoms. The van der Waals surface area contributed by atoms with Gasteiger partial charge in [-0.15, -0.1) is 0 Å². The minimum absolute atomic E-state index is 0.0640. The van der Waals surface area contributed by atoms with Crippen LogP contribution in [-0.4, -0.2) is 77.4 Å². The summed E-state index contributed by atoms with van der Waals surface area (Å²) in [5, 5.41) is 9.84. The van der Waals surface area contributed by atoms with Crippen LogP contribution in [0.2, 0.25) is 0 Å². The van der Waals surface area contributed by atoms with Gasteiger partial charge in [-0.2, -0.15) is 13.2 Å². The standard InChI is InChI=1S/C29H36F3N3O3/c30-29(31,32)28(12-2-13-28)20-34-15-10-21(11-16-34)19-38-26-9-8-24(17-33-26)22-4-6-23(7-5-22)27(37)35-14-1-3-25(36)18-35/h4-9,17,21,25,36H,1-3,10-16,18-20H2/t25-/m0/s1. The van der Waals surface area contributed by atoms with E-state index in [1.165, 1.54) is 0 Å². The Morgan fingerprint density at radius 2 is 1.71 bits per heavy atom. The lowest BCUT2D eigenvalue weighted by atomic mass is 9.67. The number of β-amino-alcohol motifs (C(OH)–C–C–N with tert-alkyl or cyclic N) is 1. The zero-order chi connectivity index (χ0) is 26.8. The van der Waals surface area contributed by atoms with E-state index in [0.717, 1.165) is 36.8 Å². The van der Waals surface area contributed by atoms with Gasteiger partial charge in [-0.05, 0) is 81.3 Å². The van der Waals surface area contributed by atoms with Crippen molar-refractivity contribution in [3.8, 4) is 17.0 Å². The number of likely N-dealkylation sites (tertiary alicyclic amines) is 2. The zero-order valence-electron chi connectivity index (χ0n) is 21.6. The average molecular weight is 532 g/mol. The van der Waals surface area contributed by atoms with Gasteiger partial charge in [0.1, 0.15) is 0 Å². The first-order valence-corrected chi connectivity index (χ1v) is 13.7. The molecular formula is C29H36F3N3O3. The maximum Gasteiger partial charge on any atom is 0.395 e. The van der Waals surface area contributed by atoms with Gasteiger partial charge in [-0.25, -0.2) is 4.98 Å². The molecule has 2 aromatic rings. The summed E-state index contributed by atoms with van der Waals surface area (Å²) in [6.07, 6.45) is 1.57. The molecule has 0 spiro atoms. The van der Waals surface area contributed by atoms with Crippen LogP contribution >= 0.6 is 0 Å². The number of benzene rings is 1. The fourth-order valence-corrected chi connectivity index (χ4v) is 5.84. The lowest BCUT2D eigenvalue weighted by Gasteiger charge is -2.47. The third kappa shape index (κ3) is 5.99. The Morgan fingerprint density at radius 1 is 1.00 bits per heavy atom. The third-order valence-electron chi connectivity index (χ3n) is 8.50. The zero-order valence-corrected chi connectivity index (χ0v) is 21.6. The Labute approximate surface area is 221 Å². The summed E-state index contributed by atoms with van der Waals surface area (Å²) in [5.74, 6) is 0.769. The Morgan fingerprint density at radius 3 is 2.29 bits per heavy atom. The maximum atomic E-state index is 13.5. The topological polar surface area (TPSA) is 65.9 Å². The first kappa shape index (κ1) is 26.9. The van der Waals surface area contributed by atoms with Crippen molar-refractivity contribution in [2.45, 2.75) is 57.2 Å². The van der Waals surface area contributed by atoms with Crippen LogP contribution in [0.5, 0.6) is 5.88 Å². The van der Waals surface area contributed by atoms with Crippen molar-refractivity contribution in [3.05, 3.63) is 48.2 Å². The SMILES string of the molecule is O=C(c1ccc(-c2ccc(OCC3CCN(CC4(C(F)(F)F)CCC4)CC3)nc2)cc1)N1CCC[C@H](O)C1. The van der Waals surface area contributed by atoms with Gasteiger partial charge in [0.2, 0.25) is 5.88 Å². The molecule has 1 N–H and O–H groups in total. The number of hydrogen-bond acceptors (Lipinski definition) is 5. The highest BCUT2D eigenvalue weighted by Crippen LogP contribution is 2.53. The molecule has 38 heavy (non-hydrogen) atoms. The summed E-state index contributed by atoms with van der Waals surface area (Å²) in [6.45, 7) is 3.03. The molecule has 3 heterocycles. The van der Waals surface area contributed by atoms with Crippen molar-refractivity contribution < 1.29 is 27.8 Å². The number of halogens is 3. The van der Waals surface area contributed by atoms with Gasteiger partial charge in [0.05, 0.1) is 18.1 Å². The van der Waals surface area contributed by atoms with Crippen LogP contribution in [0.1, 0.15) is 55.3 Å². The second-order valence-corrected chi connectivity index (χ2v) is 11.2. The molecule has 206 valence electrons. The molecule has 0 unspecified atom stereocenters. The first-order valence-electron chi connectivity index (χ1n) is 13.7. The minimum atomic E-state index is -4.11. The minimum Gasteiger partial charge on any atom is -0.477 e. The highest BCUT2D eigenvalue weighted by Gasteiger charge is 2.58. The fourth-order valence-electron chi connectivity index (χ4n) is 5.84. The molecule has 1 aromatic carbocycles. The van der Waals surface area contributed by atoms with E-state index in [0.29, 0.717) is 56.6 Å². The van der Waals surface area contributed by atoms with Gasteiger partial charge in [-0.1, -0.05) is 18.6 Å². The van der Waals surface area contributed by atoms with E-state index < -0.39 is 17.7 Å². The lowest BCUT2D eigenvalue weighted by molar-refractivity contribution is -0.256. The number of carbonyl (C=O) groups is 1. The molecule has 2 aliphatic heterocycles. The number of aromatic nitrogens is 1. The van der Waals surface area contributed by atoms with Gasteiger partial charge >= 0.3 is 6.18 Å². The van der Waals surface area contributed by atoms with Crippen LogP contribution in [0, 0.1) is 11.3 Å². The van der Waals surface area contributed by atoms with Crippen molar-refractivity contribution >= 4 is 5.91 Å². The number of amides is 1. The molecule has 6 nitrogen and oxygen atoms in total. The Kier molecular flexibility index (Phi) is 7.95. The number of aliphatic hydroxyl groups excluding tert-OH is 1. The molecule has 0 radical (unpaired) electrons. The van der Waals surface area contributed by atoms with Crippen molar-refractivity contribution in [1.29, 1.82) is 0 Å². The number of rotatable bonds is 7. The van der Waals surface area contributed by atoms with E-state index in [9.17, 15) is 23.1 Å². The molecule has 9 heteroatoms. The number of alkyl halides is 3. The largest absolute Gasteiger partial charge is 0.477 e. The van der Waals surface area contributed by atoms with E-state index in [-0.39, 0.29) is 25.3 Å². The summed E-state index contributed by atoms with van der Waals surface area (Å²) >= 11 is 0. The lowest BCUT2D eigenvalue weighted by Crippen LogP contribution is -2.53. The van der Waals surface area contributed by atoms with Gasteiger partial charge in [0, 0.05) is 43.0 Å².